The van der Waals surface area contributed by atoms with Crippen LogP contribution in [-0.4, -0.2) is 53.8 Å². The molecule has 1 amide bonds. The van der Waals surface area contributed by atoms with E-state index in [0.717, 1.165) is 22.3 Å². The van der Waals surface area contributed by atoms with Gasteiger partial charge in [-0.1, -0.05) is 66.7 Å². The summed E-state index contributed by atoms with van der Waals surface area (Å²) < 4.78 is 23.9. The number of amides is 1. The smallest absolute Gasteiger partial charge is 0.329 e. The van der Waals surface area contributed by atoms with Crippen molar-refractivity contribution in [3.63, 3.8) is 0 Å². The Bertz CT molecular complexity index is 1340. The minimum absolute atomic E-state index is 0.164. The summed E-state index contributed by atoms with van der Waals surface area (Å²) in [5.41, 5.74) is 3.43. The van der Waals surface area contributed by atoms with E-state index < -0.39 is 18.1 Å². The van der Waals surface area contributed by atoms with Gasteiger partial charge in [-0.25, -0.2) is 4.79 Å². The maximum absolute atomic E-state index is 14.4. The number of nitrogens with zero attached hydrogens (tertiary/aromatic N) is 1. The van der Waals surface area contributed by atoms with Crippen LogP contribution in [0.25, 0.3) is 0 Å². The highest BCUT2D eigenvalue weighted by Crippen LogP contribution is 2.40. The van der Waals surface area contributed by atoms with Gasteiger partial charge in [0.05, 0.1) is 25.9 Å². The molecule has 5 rings (SSSR count). The molecule has 1 aliphatic carbocycles. The molecule has 0 radical (unpaired) electrons. The van der Waals surface area contributed by atoms with Gasteiger partial charge in [-0.15, -0.1) is 0 Å². The predicted octanol–water partition coefficient (Wildman–Crippen LogP) is 5.15. The molecular formula is C34H39NO7. The van der Waals surface area contributed by atoms with Crippen LogP contribution < -0.4 is 9.47 Å². The van der Waals surface area contributed by atoms with Crippen LogP contribution in [0.5, 0.6) is 11.5 Å². The molecule has 222 valence electrons. The summed E-state index contributed by atoms with van der Waals surface area (Å²) in [5, 5.41) is 9.99. The summed E-state index contributed by atoms with van der Waals surface area (Å²) in [6.45, 7) is 2.48. The minimum atomic E-state index is -0.892. The van der Waals surface area contributed by atoms with Crippen LogP contribution in [-0.2, 0) is 38.6 Å². The van der Waals surface area contributed by atoms with Gasteiger partial charge in [0.1, 0.15) is 12.6 Å². The maximum atomic E-state index is 14.4. The summed E-state index contributed by atoms with van der Waals surface area (Å²) in [6.07, 6.45) is 1.44. The first-order valence-corrected chi connectivity index (χ1v) is 14.7. The normalized spacial score (nSPS) is 20.7. The first-order valence-electron chi connectivity index (χ1n) is 14.7. The van der Waals surface area contributed by atoms with Gasteiger partial charge in [-0.2, -0.15) is 0 Å². The van der Waals surface area contributed by atoms with Crippen LogP contribution in [0.3, 0.4) is 0 Å². The Morgan fingerprint density at radius 3 is 2.31 bits per heavy atom. The van der Waals surface area contributed by atoms with Gasteiger partial charge in [-0.05, 0) is 55.4 Å². The third kappa shape index (κ3) is 6.77. The molecule has 1 aliphatic heterocycles. The summed E-state index contributed by atoms with van der Waals surface area (Å²) in [6, 6.07) is 22.1. The average Bonchev–Trinajstić information content (AvgIpc) is 3.03. The third-order valence-electron chi connectivity index (χ3n) is 8.02. The monoisotopic (exact) mass is 573 g/mol. The zero-order chi connectivity index (χ0) is 29.5. The number of benzene rings is 3. The number of aliphatic hydroxyl groups excluding tert-OH is 1. The van der Waals surface area contributed by atoms with Gasteiger partial charge >= 0.3 is 5.97 Å². The Hall–Kier alpha value is -3.88. The van der Waals surface area contributed by atoms with E-state index in [0.29, 0.717) is 43.8 Å². The zero-order valence-corrected chi connectivity index (χ0v) is 24.2. The number of methoxy groups -OCH3 is 1. The average molecular weight is 574 g/mol. The molecule has 1 N–H and O–H groups in total. The van der Waals surface area contributed by atoms with Crippen molar-refractivity contribution < 1.29 is 33.6 Å². The van der Waals surface area contributed by atoms with E-state index in [1.165, 1.54) is 0 Å². The van der Waals surface area contributed by atoms with Crippen LogP contribution in [0.2, 0.25) is 0 Å². The number of ether oxygens (including phenoxy) is 4. The van der Waals surface area contributed by atoms with E-state index in [1.807, 2.05) is 72.8 Å². The highest BCUT2D eigenvalue weighted by molar-refractivity contribution is 5.89. The number of carbonyl (C=O) groups excluding carboxylic acids is 2. The Balaban J connectivity index is 1.47. The van der Waals surface area contributed by atoms with Gasteiger partial charge in [0.25, 0.3) is 5.91 Å². The number of carbonyl (C=O) groups is 2. The molecule has 2 atom stereocenters. The highest BCUT2D eigenvalue weighted by atomic mass is 16.5. The Morgan fingerprint density at radius 1 is 0.952 bits per heavy atom. The lowest BCUT2D eigenvalue weighted by atomic mass is 9.91. The van der Waals surface area contributed by atoms with Crippen LogP contribution in [0.1, 0.15) is 61.0 Å². The predicted molar refractivity (Wildman–Crippen MR) is 157 cm³/mol. The van der Waals surface area contributed by atoms with E-state index >= 15 is 0 Å². The molecule has 0 aromatic heterocycles. The molecule has 2 aliphatic rings. The Labute approximate surface area is 247 Å². The van der Waals surface area contributed by atoms with Crippen LogP contribution in [0, 0.1) is 0 Å². The second-order valence-electron chi connectivity index (χ2n) is 10.8. The number of hydrogen-bond donors (Lipinski definition) is 1. The number of esters is 1. The largest absolute Gasteiger partial charge is 0.493 e. The van der Waals surface area contributed by atoms with Crippen molar-refractivity contribution in [1.29, 1.82) is 0 Å². The van der Waals surface area contributed by atoms with Gasteiger partial charge in [0.2, 0.25) is 0 Å². The second kappa shape index (κ2) is 13.9. The number of rotatable bonds is 10. The van der Waals surface area contributed by atoms with E-state index in [-0.39, 0.29) is 37.7 Å². The van der Waals surface area contributed by atoms with Crippen molar-refractivity contribution in [2.75, 3.05) is 13.7 Å². The summed E-state index contributed by atoms with van der Waals surface area (Å²) in [7, 11) is 1.59. The topological polar surface area (TPSA) is 94.5 Å². The molecule has 3 aromatic rings. The maximum Gasteiger partial charge on any atom is 0.329 e. The van der Waals surface area contributed by atoms with Crippen LogP contribution in [0.4, 0.5) is 0 Å². The fourth-order valence-electron chi connectivity index (χ4n) is 5.78. The fraction of sp³-hybridized carbons (Fsp3) is 0.412. The Morgan fingerprint density at radius 2 is 1.64 bits per heavy atom. The molecule has 3 aromatic carbocycles. The van der Waals surface area contributed by atoms with Crippen molar-refractivity contribution in [2.24, 2.45) is 0 Å². The lowest BCUT2D eigenvalue weighted by Crippen LogP contribution is -2.51. The van der Waals surface area contributed by atoms with Gasteiger partial charge in [0.15, 0.2) is 17.6 Å². The SMILES string of the molecule is CCOC(=O)[C@@H]1Cc2c(ccc(OC)c2OCc2ccccc2)CN1C(=O)C(OC1CCC(O)CC1)c1ccccc1. The van der Waals surface area contributed by atoms with E-state index in [1.54, 1.807) is 18.9 Å². The molecule has 42 heavy (non-hydrogen) atoms. The zero-order valence-electron chi connectivity index (χ0n) is 24.2. The third-order valence-corrected chi connectivity index (χ3v) is 8.02. The lowest BCUT2D eigenvalue weighted by Gasteiger charge is -2.39. The van der Waals surface area contributed by atoms with Crippen molar-refractivity contribution in [2.45, 2.75) is 76.5 Å². The first-order chi connectivity index (χ1) is 20.5. The minimum Gasteiger partial charge on any atom is -0.493 e. The quantitative estimate of drug-likeness (QED) is 0.335. The molecule has 1 heterocycles. The van der Waals surface area contributed by atoms with Crippen molar-refractivity contribution in [1.82, 2.24) is 4.90 Å². The van der Waals surface area contributed by atoms with E-state index in [4.69, 9.17) is 18.9 Å². The number of fused-ring (bicyclic) bond motifs is 1. The fourth-order valence-corrected chi connectivity index (χ4v) is 5.78. The lowest BCUT2D eigenvalue weighted by molar-refractivity contribution is -0.164. The summed E-state index contributed by atoms with van der Waals surface area (Å²) in [4.78, 5) is 29.4. The van der Waals surface area contributed by atoms with Crippen molar-refractivity contribution in [3.8, 4) is 11.5 Å². The Kier molecular flexibility index (Phi) is 9.77. The number of hydrogen-bond acceptors (Lipinski definition) is 7. The molecule has 0 bridgehead atoms. The summed E-state index contributed by atoms with van der Waals surface area (Å²) >= 11 is 0. The molecule has 1 unspecified atom stereocenters. The summed E-state index contributed by atoms with van der Waals surface area (Å²) in [5.74, 6) is 0.369. The molecule has 1 saturated carbocycles. The van der Waals surface area contributed by atoms with Gasteiger partial charge < -0.3 is 29.0 Å². The van der Waals surface area contributed by atoms with Crippen molar-refractivity contribution >= 4 is 11.9 Å². The van der Waals surface area contributed by atoms with Crippen LogP contribution >= 0.6 is 0 Å². The van der Waals surface area contributed by atoms with Gasteiger partial charge in [0, 0.05) is 18.5 Å². The van der Waals surface area contributed by atoms with Crippen LogP contribution in [0.15, 0.2) is 72.8 Å². The molecular weight excluding hydrogens is 534 g/mol. The highest BCUT2D eigenvalue weighted by Gasteiger charge is 2.41. The molecule has 1 fully saturated rings. The molecule has 8 nitrogen and oxygen atoms in total. The molecule has 0 spiro atoms. The number of aliphatic hydroxyl groups is 1. The molecule has 8 heteroatoms. The second-order valence-corrected chi connectivity index (χ2v) is 10.8. The first kappa shape index (κ1) is 29.6. The van der Waals surface area contributed by atoms with E-state index in [9.17, 15) is 14.7 Å². The van der Waals surface area contributed by atoms with Crippen molar-refractivity contribution in [3.05, 3.63) is 95.1 Å². The van der Waals surface area contributed by atoms with Gasteiger partial charge in [-0.3, -0.25) is 4.79 Å². The standard InChI is InChI=1S/C34H39NO7/c1-3-40-34(38)29-20-28-25(14-19-30(39-2)32(28)41-22-23-10-6-4-7-11-23)21-35(29)33(37)31(24-12-8-5-9-13-24)42-27-17-15-26(36)16-18-27/h4-14,19,26-27,29,31,36H,3,15-18,20-22H2,1-2H3/t26?,27?,29-,31?/m0/s1. The van der Waals surface area contributed by atoms with E-state index in [2.05, 4.69) is 0 Å². The molecule has 0 saturated heterocycles.